The van der Waals surface area contributed by atoms with E-state index < -0.39 is 0 Å². The van der Waals surface area contributed by atoms with Gasteiger partial charge in [-0.15, -0.1) is 0 Å². The fraction of sp³-hybridized carbons (Fsp3) is 0.611. The van der Waals surface area contributed by atoms with Gasteiger partial charge in [0.2, 0.25) is 0 Å². The number of hydrogen-bond acceptors (Lipinski definition) is 3. The van der Waals surface area contributed by atoms with E-state index in [1.807, 2.05) is 18.2 Å². The van der Waals surface area contributed by atoms with Crippen LogP contribution in [0, 0.1) is 0 Å². The Morgan fingerprint density at radius 1 is 0.955 bits per heavy atom. The van der Waals surface area contributed by atoms with E-state index in [0.717, 1.165) is 43.1 Å². The average Bonchev–Trinajstić information content (AvgIpc) is 2.54. The Morgan fingerprint density at radius 3 is 2.45 bits per heavy atom. The molecule has 1 saturated heterocycles. The lowest BCUT2D eigenvalue weighted by Crippen LogP contribution is -3.12. The number of ketones is 1. The van der Waals surface area contributed by atoms with Crippen molar-refractivity contribution in [3.63, 3.8) is 0 Å². The summed E-state index contributed by atoms with van der Waals surface area (Å²) in [5.41, 5.74) is 0.749. The maximum atomic E-state index is 12.4. The predicted octanol–water partition coefficient (Wildman–Crippen LogP) is 1.88. The molecule has 2 aliphatic rings. The standard InChI is InChI=1S/C18H25NO3/c20-16(8-11-19-9-2-1-3-10-19)15-6-7-17-18(14-15)22-13-5-4-12-21-17/h6-7,14H,1-5,8-13H2/p+1. The van der Waals surface area contributed by atoms with Gasteiger partial charge in [-0.25, -0.2) is 0 Å². The molecule has 0 aliphatic carbocycles. The number of quaternary nitrogens is 1. The lowest BCUT2D eigenvalue weighted by atomic mass is 10.1. The molecule has 0 spiro atoms. The number of piperidine rings is 1. The second-order valence-electron chi connectivity index (χ2n) is 6.30. The smallest absolute Gasteiger partial charge is 0.168 e. The van der Waals surface area contributed by atoms with E-state index in [9.17, 15) is 4.79 Å². The molecule has 2 aliphatic heterocycles. The van der Waals surface area contributed by atoms with Crippen LogP contribution in [0.25, 0.3) is 0 Å². The molecule has 3 rings (SSSR count). The second kappa shape index (κ2) is 7.63. The van der Waals surface area contributed by atoms with Gasteiger partial charge in [0.05, 0.1) is 39.3 Å². The Morgan fingerprint density at radius 2 is 1.68 bits per heavy atom. The molecule has 4 nitrogen and oxygen atoms in total. The maximum Gasteiger partial charge on any atom is 0.168 e. The molecule has 1 aromatic carbocycles. The summed E-state index contributed by atoms with van der Waals surface area (Å²) in [4.78, 5) is 14.0. The molecular weight excluding hydrogens is 278 g/mol. The Balaban J connectivity index is 1.60. The normalized spacial score (nSPS) is 19.3. The molecule has 0 saturated carbocycles. The monoisotopic (exact) mass is 304 g/mol. The quantitative estimate of drug-likeness (QED) is 0.864. The highest BCUT2D eigenvalue weighted by atomic mass is 16.5. The zero-order valence-corrected chi connectivity index (χ0v) is 13.2. The lowest BCUT2D eigenvalue weighted by molar-refractivity contribution is -0.904. The molecule has 2 heterocycles. The van der Waals surface area contributed by atoms with Crippen LogP contribution in [0.5, 0.6) is 11.5 Å². The van der Waals surface area contributed by atoms with E-state index in [1.165, 1.54) is 32.4 Å². The number of benzene rings is 1. The molecule has 0 atom stereocenters. The maximum absolute atomic E-state index is 12.4. The second-order valence-corrected chi connectivity index (χ2v) is 6.30. The van der Waals surface area contributed by atoms with Crippen LogP contribution in [0.4, 0.5) is 0 Å². The van der Waals surface area contributed by atoms with Gasteiger partial charge in [-0.05, 0) is 50.3 Å². The SMILES string of the molecule is O=C(CC[NH+]1CCCCC1)c1ccc2c(c1)OCCCCO2. The fourth-order valence-electron chi connectivity index (χ4n) is 3.22. The Labute approximate surface area is 132 Å². The highest BCUT2D eigenvalue weighted by Gasteiger charge is 2.17. The van der Waals surface area contributed by atoms with Crippen LogP contribution in [0.2, 0.25) is 0 Å². The fourth-order valence-corrected chi connectivity index (χ4v) is 3.22. The van der Waals surface area contributed by atoms with Gasteiger partial charge in [-0.3, -0.25) is 4.79 Å². The summed E-state index contributed by atoms with van der Waals surface area (Å²) < 4.78 is 11.4. The van der Waals surface area contributed by atoms with E-state index >= 15 is 0 Å². The summed E-state index contributed by atoms with van der Waals surface area (Å²) in [6.45, 7) is 4.81. The molecule has 1 aromatic rings. The largest absolute Gasteiger partial charge is 0.490 e. The number of rotatable bonds is 4. The van der Waals surface area contributed by atoms with Gasteiger partial charge >= 0.3 is 0 Å². The number of hydrogen-bond donors (Lipinski definition) is 1. The number of Topliss-reactive ketones (excluding diaryl/α,β-unsaturated/α-hetero) is 1. The van der Waals surface area contributed by atoms with Crippen LogP contribution in [0.15, 0.2) is 18.2 Å². The van der Waals surface area contributed by atoms with Gasteiger partial charge in [-0.1, -0.05) is 0 Å². The highest BCUT2D eigenvalue weighted by Crippen LogP contribution is 2.30. The predicted molar refractivity (Wildman–Crippen MR) is 85.0 cm³/mol. The number of carbonyl (C=O) groups excluding carboxylic acids is 1. The molecule has 0 amide bonds. The number of ether oxygens (including phenoxy) is 2. The minimum absolute atomic E-state index is 0.214. The van der Waals surface area contributed by atoms with Crippen molar-refractivity contribution in [2.45, 2.75) is 38.5 Å². The average molecular weight is 304 g/mol. The minimum atomic E-state index is 0.214. The van der Waals surface area contributed by atoms with Crippen LogP contribution in [-0.2, 0) is 0 Å². The summed E-state index contributed by atoms with van der Waals surface area (Å²) in [5.74, 6) is 1.69. The van der Waals surface area contributed by atoms with Crippen molar-refractivity contribution in [2.24, 2.45) is 0 Å². The van der Waals surface area contributed by atoms with Gasteiger partial charge in [-0.2, -0.15) is 0 Å². The summed E-state index contributed by atoms with van der Waals surface area (Å²) in [7, 11) is 0. The van der Waals surface area contributed by atoms with Gasteiger partial charge in [0.15, 0.2) is 17.3 Å². The minimum Gasteiger partial charge on any atom is -0.490 e. The van der Waals surface area contributed by atoms with Crippen LogP contribution in [-0.4, -0.2) is 38.6 Å². The highest BCUT2D eigenvalue weighted by molar-refractivity contribution is 5.96. The third-order valence-electron chi connectivity index (χ3n) is 4.59. The van der Waals surface area contributed by atoms with Gasteiger partial charge in [0.1, 0.15) is 0 Å². The number of fused-ring (bicyclic) bond motifs is 1. The molecule has 120 valence electrons. The molecular formula is C18H26NO3+. The topological polar surface area (TPSA) is 40.0 Å². The van der Waals surface area contributed by atoms with E-state index in [0.29, 0.717) is 13.0 Å². The molecule has 22 heavy (non-hydrogen) atoms. The third kappa shape index (κ3) is 4.01. The first kappa shape index (κ1) is 15.3. The Kier molecular flexibility index (Phi) is 5.33. The molecule has 1 fully saturated rings. The zero-order valence-electron chi connectivity index (χ0n) is 13.2. The van der Waals surface area contributed by atoms with Crippen molar-refractivity contribution in [1.29, 1.82) is 0 Å². The van der Waals surface area contributed by atoms with Crippen molar-refractivity contribution >= 4 is 5.78 Å². The van der Waals surface area contributed by atoms with Crippen LogP contribution < -0.4 is 14.4 Å². The summed E-state index contributed by atoms with van der Waals surface area (Å²) in [6, 6.07) is 5.60. The van der Waals surface area contributed by atoms with Crippen LogP contribution >= 0.6 is 0 Å². The third-order valence-corrected chi connectivity index (χ3v) is 4.59. The van der Waals surface area contributed by atoms with E-state index in [4.69, 9.17) is 9.47 Å². The summed E-state index contributed by atoms with van der Waals surface area (Å²) in [6.07, 6.45) is 6.57. The molecule has 0 radical (unpaired) electrons. The summed E-state index contributed by atoms with van der Waals surface area (Å²) >= 11 is 0. The number of likely N-dealkylation sites (tertiary alicyclic amines) is 1. The van der Waals surface area contributed by atoms with E-state index in [-0.39, 0.29) is 5.78 Å². The first-order chi connectivity index (χ1) is 10.8. The first-order valence-corrected chi connectivity index (χ1v) is 8.59. The van der Waals surface area contributed by atoms with Crippen molar-refractivity contribution in [2.75, 3.05) is 32.8 Å². The lowest BCUT2D eigenvalue weighted by Gasteiger charge is -2.23. The van der Waals surface area contributed by atoms with Crippen molar-refractivity contribution in [1.82, 2.24) is 0 Å². The van der Waals surface area contributed by atoms with Crippen molar-refractivity contribution < 1.29 is 19.2 Å². The van der Waals surface area contributed by atoms with E-state index in [1.54, 1.807) is 4.90 Å². The van der Waals surface area contributed by atoms with Gasteiger partial charge < -0.3 is 14.4 Å². The Bertz CT molecular complexity index is 509. The molecule has 0 unspecified atom stereocenters. The molecule has 1 N–H and O–H groups in total. The summed E-state index contributed by atoms with van der Waals surface area (Å²) in [5, 5.41) is 0. The zero-order chi connectivity index (χ0) is 15.2. The van der Waals surface area contributed by atoms with Crippen LogP contribution in [0.1, 0.15) is 48.9 Å². The Hall–Kier alpha value is -1.55. The molecule has 0 bridgehead atoms. The molecule has 0 aromatic heterocycles. The van der Waals surface area contributed by atoms with E-state index in [2.05, 4.69) is 0 Å². The van der Waals surface area contributed by atoms with Gasteiger partial charge in [0.25, 0.3) is 0 Å². The number of nitrogens with one attached hydrogen (secondary N) is 1. The number of carbonyl (C=O) groups is 1. The molecule has 4 heteroatoms. The van der Waals surface area contributed by atoms with Crippen LogP contribution in [0.3, 0.4) is 0 Å². The van der Waals surface area contributed by atoms with Crippen molar-refractivity contribution in [3.8, 4) is 11.5 Å². The van der Waals surface area contributed by atoms with Crippen molar-refractivity contribution in [3.05, 3.63) is 23.8 Å². The van der Waals surface area contributed by atoms with Gasteiger partial charge in [0, 0.05) is 5.56 Å². The first-order valence-electron chi connectivity index (χ1n) is 8.59.